The predicted octanol–water partition coefficient (Wildman–Crippen LogP) is 3.32. The van der Waals surface area contributed by atoms with E-state index >= 15 is 0 Å². The highest BCUT2D eigenvalue weighted by atomic mass is 16.5. The monoisotopic (exact) mass is 395 g/mol. The Kier molecular flexibility index (Phi) is 5.81. The van der Waals surface area contributed by atoms with Crippen LogP contribution in [0.15, 0.2) is 36.4 Å². The maximum absolute atomic E-state index is 12.9. The first-order valence-electron chi connectivity index (χ1n) is 10.4. The van der Waals surface area contributed by atoms with Crippen molar-refractivity contribution in [3.05, 3.63) is 53.5 Å². The number of carbonyl (C=O) groups is 1. The van der Waals surface area contributed by atoms with E-state index in [-0.39, 0.29) is 23.8 Å². The normalized spacial score (nSPS) is 23.9. The fourth-order valence-electron chi connectivity index (χ4n) is 3.86. The average molecular weight is 396 g/mol. The van der Waals surface area contributed by atoms with Crippen molar-refractivity contribution in [1.82, 2.24) is 14.9 Å². The molecule has 6 heteroatoms. The number of carbonyl (C=O) groups excluding carboxylic acids is 1. The zero-order valence-electron chi connectivity index (χ0n) is 17.4. The largest absolute Gasteiger partial charge is 0.475 e. The Morgan fingerprint density at radius 1 is 1.28 bits per heavy atom. The van der Waals surface area contributed by atoms with Gasteiger partial charge in [-0.25, -0.2) is 4.98 Å². The average Bonchev–Trinajstić information content (AvgIpc) is 3.53. The van der Waals surface area contributed by atoms with Crippen molar-refractivity contribution in [3.8, 4) is 5.88 Å². The Labute approximate surface area is 172 Å². The van der Waals surface area contributed by atoms with E-state index < -0.39 is 0 Å². The van der Waals surface area contributed by atoms with Crippen molar-refractivity contribution >= 4 is 5.91 Å². The Balaban J connectivity index is 1.32. The molecule has 1 aromatic carbocycles. The summed E-state index contributed by atoms with van der Waals surface area (Å²) in [6.45, 7) is 8.21. The molecule has 2 heterocycles. The molecular formula is C23H29N3O3. The predicted molar refractivity (Wildman–Crippen MR) is 110 cm³/mol. The zero-order valence-corrected chi connectivity index (χ0v) is 17.4. The number of ether oxygens (including phenoxy) is 2. The third-order valence-corrected chi connectivity index (χ3v) is 5.57. The summed E-state index contributed by atoms with van der Waals surface area (Å²) in [4.78, 5) is 23.8. The van der Waals surface area contributed by atoms with E-state index in [2.05, 4.69) is 35.9 Å². The van der Waals surface area contributed by atoms with Crippen molar-refractivity contribution in [2.75, 3.05) is 26.3 Å². The van der Waals surface area contributed by atoms with E-state index in [1.165, 1.54) is 5.56 Å². The molecule has 1 amide bonds. The van der Waals surface area contributed by atoms with Gasteiger partial charge in [-0.2, -0.15) is 4.98 Å². The number of hydrogen-bond donors (Lipinski definition) is 0. The quantitative estimate of drug-likeness (QED) is 0.751. The summed E-state index contributed by atoms with van der Waals surface area (Å²) < 4.78 is 11.7. The second kappa shape index (κ2) is 8.49. The summed E-state index contributed by atoms with van der Waals surface area (Å²) >= 11 is 0. The van der Waals surface area contributed by atoms with Gasteiger partial charge in [-0.1, -0.05) is 44.2 Å². The van der Waals surface area contributed by atoms with Crippen LogP contribution in [0.2, 0.25) is 0 Å². The second-order valence-electron chi connectivity index (χ2n) is 8.31. The minimum absolute atomic E-state index is 0.107. The van der Waals surface area contributed by atoms with Crippen molar-refractivity contribution in [3.63, 3.8) is 0 Å². The van der Waals surface area contributed by atoms with Gasteiger partial charge in [0.2, 0.25) is 11.8 Å². The van der Waals surface area contributed by atoms with Crippen LogP contribution in [0, 0.1) is 12.8 Å². The number of nitrogens with zero attached hydrogens (tertiary/aromatic N) is 3. The molecule has 0 N–H and O–H groups in total. The van der Waals surface area contributed by atoms with Gasteiger partial charge in [-0.3, -0.25) is 4.79 Å². The SMILES string of the molecule is Cc1cc(OCC2CN(C(=O)[C@H]3C[C@@H]3c3ccccc3)CCO2)nc(C(C)C)n1. The molecule has 1 aromatic heterocycles. The van der Waals surface area contributed by atoms with Crippen molar-refractivity contribution in [1.29, 1.82) is 0 Å². The van der Waals surface area contributed by atoms with Gasteiger partial charge in [0.15, 0.2) is 0 Å². The van der Waals surface area contributed by atoms with Gasteiger partial charge in [0, 0.05) is 30.1 Å². The fourth-order valence-corrected chi connectivity index (χ4v) is 3.86. The molecule has 6 nitrogen and oxygen atoms in total. The highest BCUT2D eigenvalue weighted by Crippen LogP contribution is 2.48. The Hall–Kier alpha value is -2.47. The molecule has 3 atom stereocenters. The second-order valence-corrected chi connectivity index (χ2v) is 8.31. The molecule has 0 radical (unpaired) electrons. The van der Waals surface area contributed by atoms with E-state index in [1.807, 2.05) is 36.1 Å². The van der Waals surface area contributed by atoms with E-state index in [4.69, 9.17) is 9.47 Å². The Bertz CT molecular complexity index is 856. The van der Waals surface area contributed by atoms with Gasteiger partial charge >= 0.3 is 0 Å². The van der Waals surface area contributed by atoms with E-state index in [9.17, 15) is 4.79 Å². The molecule has 1 saturated carbocycles. The number of aromatic nitrogens is 2. The summed E-state index contributed by atoms with van der Waals surface area (Å²) in [6.07, 6.45) is 0.805. The molecule has 2 aromatic rings. The third kappa shape index (κ3) is 4.75. The van der Waals surface area contributed by atoms with Crippen LogP contribution >= 0.6 is 0 Å². The minimum Gasteiger partial charge on any atom is -0.475 e. The van der Waals surface area contributed by atoms with E-state index in [0.717, 1.165) is 17.9 Å². The number of aryl methyl sites for hydroxylation is 1. The lowest BCUT2D eigenvalue weighted by molar-refractivity contribution is -0.141. The highest BCUT2D eigenvalue weighted by Gasteiger charge is 2.46. The fraction of sp³-hybridized carbons (Fsp3) is 0.522. The number of benzene rings is 1. The molecule has 1 saturated heterocycles. The maximum Gasteiger partial charge on any atom is 0.226 e. The summed E-state index contributed by atoms with van der Waals surface area (Å²) in [6, 6.07) is 12.2. The smallest absolute Gasteiger partial charge is 0.226 e. The molecule has 2 fully saturated rings. The number of rotatable bonds is 6. The van der Waals surface area contributed by atoms with Crippen LogP contribution in [0.25, 0.3) is 0 Å². The molecule has 1 aliphatic heterocycles. The molecule has 1 unspecified atom stereocenters. The van der Waals surface area contributed by atoms with Crippen LogP contribution in [0.4, 0.5) is 0 Å². The van der Waals surface area contributed by atoms with E-state index in [1.54, 1.807) is 0 Å². The van der Waals surface area contributed by atoms with Gasteiger partial charge in [-0.15, -0.1) is 0 Å². The summed E-state index contributed by atoms with van der Waals surface area (Å²) in [5.41, 5.74) is 2.15. The first-order valence-corrected chi connectivity index (χ1v) is 10.4. The van der Waals surface area contributed by atoms with Crippen LogP contribution in [-0.4, -0.2) is 53.2 Å². The van der Waals surface area contributed by atoms with Crippen molar-refractivity contribution in [2.24, 2.45) is 5.92 Å². The summed E-state index contributed by atoms with van der Waals surface area (Å²) in [5.74, 6) is 2.30. The standard InChI is InChI=1S/C23H29N3O3/c1-15(2)22-24-16(3)11-21(25-22)29-14-18-13-26(9-10-28-18)23(27)20-12-19(20)17-7-5-4-6-8-17/h4-8,11,15,18-20H,9-10,12-14H2,1-3H3/t18?,19-,20+/m1/s1. The van der Waals surface area contributed by atoms with Gasteiger partial charge in [-0.05, 0) is 24.8 Å². The topological polar surface area (TPSA) is 64.5 Å². The lowest BCUT2D eigenvalue weighted by Gasteiger charge is -2.33. The van der Waals surface area contributed by atoms with Crippen LogP contribution < -0.4 is 4.74 Å². The third-order valence-electron chi connectivity index (χ3n) is 5.57. The van der Waals surface area contributed by atoms with Crippen LogP contribution in [0.3, 0.4) is 0 Å². The molecule has 1 aliphatic carbocycles. The van der Waals surface area contributed by atoms with Crippen LogP contribution in [-0.2, 0) is 9.53 Å². The molecule has 4 rings (SSSR count). The van der Waals surface area contributed by atoms with Gasteiger partial charge in [0.25, 0.3) is 0 Å². The molecule has 0 bridgehead atoms. The van der Waals surface area contributed by atoms with Gasteiger partial charge in [0.1, 0.15) is 18.5 Å². The molecule has 0 spiro atoms. The molecule has 2 aliphatic rings. The summed E-state index contributed by atoms with van der Waals surface area (Å²) in [5, 5.41) is 0. The highest BCUT2D eigenvalue weighted by molar-refractivity contribution is 5.83. The minimum atomic E-state index is -0.139. The number of amides is 1. The molecule has 154 valence electrons. The summed E-state index contributed by atoms with van der Waals surface area (Å²) in [7, 11) is 0. The van der Waals surface area contributed by atoms with Crippen LogP contribution in [0.5, 0.6) is 5.88 Å². The van der Waals surface area contributed by atoms with Gasteiger partial charge in [0.05, 0.1) is 13.2 Å². The lowest BCUT2D eigenvalue weighted by Crippen LogP contribution is -2.48. The maximum atomic E-state index is 12.9. The number of hydrogen-bond acceptors (Lipinski definition) is 5. The first-order chi connectivity index (χ1) is 14.0. The molecule has 29 heavy (non-hydrogen) atoms. The van der Waals surface area contributed by atoms with Crippen molar-refractivity contribution in [2.45, 2.75) is 45.1 Å². The first kappa shape index (κ1) is 19.8. The molecular weight excluding hydrogens is 366 g/mol. The van der Waals surface area contributed by atoms with Crippen LogP contribution in [0.1, 0.15) is 49.2 Å². The van der Waals surface area contributed by atoms with Gasteiger partial charge < -0.3 is 14.4 Å². The number of morpholine rings is 1. The van der Waals surface area contributed by atoms with Crippen molar-refractivity contribution < 1.29 is 14.3 Å². The Morgan fingerprint density at radius 3 is 2.83 bits per heavy atom. The van der Waals surface area contributed by atoms with E-state index in [0.29, 0.717) is 38.1 Å². The zero-order chi connectivity index (χ0) is 20.4. The Morgan fingerprint density at radius 2 is 2.07 bits per heavy atom. The lowest BCUT2D eigenvalue weighted by atomic mass is 10.1.